The van der Waals surface area contributed by atoms with E-state index < -0.39 is 22.6 Å². The zero-order valence-electron chi connectivity index (χ0n) is 15.9. The van der Waals surface area contributed by atoms with Gasteiger partial charge in [-0.25, -0.2) is 13.2 Å². The van der Waals surface area contributed by atoms with E-state index in [1.54, 1.807) is 36.4 Å². The fourth-order valence-electron chi connectivity index (χ4n) is 2.93. The molecule has 0 radical (unpaired) electrons. The van der Waals surface area contributed by atoms with Crippen molar-refractivity contribution in [1.29, 1.82) is 0 Å². The van der Waals surface area contributed by atoms with E-state index in [1.165, 1.54) is 21.3 Å². The van der Waals surface area contributed by atoms with E-state index in [9.17, 15) is 18.0 Å². The predicted molar refractivity (Wildman–Crippen MR) is 108 cm³/mol. The highest BCUT2D eigenvalue weighted by molar-refractivity contribution is 7.89. The molecule has 0 N–H and O–H groups in total. The van der Waals surface area contributed by atoms with Crippen LogP contribution in [0.15, 0.2) is 53.4 Å². The second-order valence-corrected chi connectivity index (χ2v) is 9.06. The molecule has 0 bridgehead atoms. The first-order chi connectivity index (χ1) is 13.8. The summed E-state index contributed by atoms with van der Waals surface area (Å²) in [6.45, 7) is 2.34. The van der Waals surface area contributed by atoms with Gasteiger partial charge in [-0.05, 0) is 43.3 Å². The summed E-state index contributed by atoms with van der Waals surface area (Å²) in [5, 5.41) is 0.496. The molecule has 3 rings (SSSR count). The molecule has 0 saturated carbocycles. The summed E-state index contributed by atoms with van der Waals surface area (Å²) in [6.07, 6.45) is 0. The Morgan fingerprint density at radius 3 is 2.14 bits per heavy atom. The molecule has 0 aromatic heterocycles. The SMILES string of the molecule is Cc1ccc(S(=O)(=O)N2CCN(C(=O)COC(=O)c3ccc(Cl)cc3)CC2)cc1. The van der Waals surface area contributed by atoms with Crippen LogP contribution in [0.3, 0.4) is 0 Å². The number of piperazine rings is 1. The van der Waals surface area contributed by atoms with Gasteiger partial charge in [0.25, 0.3) is 5.91 Å². The molecule has 0 unspecified atom stereocenters. The molecule has 9 heteroatoms. The summed E-state index contributed by atoms with van der Waals surface area (Å²) in [5.41, 5.74) is 1.28. The Morgan fingerprint density at radius 2 is 1.55 bits per heavy atom. The number of halogens is 1. The van der Waals surface area contributed by atoms with Crippen LogP contribution in [0, 0.1) is 6.92 Å². The maximum absolute atomic E-state index is 12.7. The summed E-state index contributed by atoms with van der Waals surface area (Å²) in [7, 11) is -3.59. The van der Waals surface area contributed by atoms with E-state index in [0.717, 1.165) is 5.56 Å². The molecule has 1 saturated heterocycles. The van der Waals surface area contributed by atoms with Crippen molar-refractivity contribution in [2.45, 2.75) is 11.8 Å². The van der Waals surface area contributed by atoms with Crippen molar-refractivity contribution in [3.8, 4) is 0 Å². The third kappa shape index (κ3) is 5.14. The van der Waals surface area contributed by atoms with Gasteiger partial charge in [0.15, 0.2) is 6.61 Å². The Morgan fingerprint density at radius 1 is 0.966 bits per heavy atom. The van der Waals surface area contributed by atoms with E-state index in [-0.39, 0.29) is 37.0 Å². The Balaban J connectivity index is 1.52. The molecule has 1 amide bonds. The second kappa shape index (κ2) is 8.94. The molecule has 29 heavy (non-hydrogen) atoms. The molecule has 2 aromatic carbocycles. The number of carbonyl (C=O) groups is 2. The van der Waals surface area contributed by atoms with Gasteiger partial charge in [0.1, 0.15) is 0 Å². The van der Waals surface area contributed by atoms with Gasteiger partial charge in [-0.1, -0.05) is 29.3 Å². The minimum Gasteiger partial charge on any atom is -0.452 e. The Kier molecular flexibility index (Phi) is 6.56. The van der Waals surface area contributed by atoms with Crippen molar-refractivity contribution in [1.82, 2.24) is 9.21 Å². The average Bonchev–Trinajstić information content (AvgIpc) is 2.72. The van der Waals surface area contributed by atoms with Crippen molar-refractivity contribution in [3.05, 3.63) is 64.7 Å². The topological polar surface area (TPSA) is 84.0 Å². The van der Waals surface area contributed by atoms with Crippen LogP contribution in [0.2, 0.25) is 5.02 Å². The van der Waals surface area contributed by atoms with Crippen LogP contribution >= 0.6 is 11.6 Å². The first-order valence-electron chi connectivity index (χ1n) is 9.04. The number of sulfonamides is 1. The monoisotopic (exact) mass is 436 g/mol. The van der Waals surface area contributed by atoms with Gasteiger partial charge in [0.05, 0.1) is 10.5 Å². The lowest BCUT2D eigenvalue weighted by molar-refractivity contribution is -0.135. The molecule has 0 spiro atoms. The van der Waals surface area contributed by atoms with Crippen molar-refractivity contribution < 1.29 is 22.7 Å². The normalized spacial score (nSPS) is 15.2. The number of hydrogen-bond acceptors (Lipinski definition) is 5. The molecule has 1 fully saturated rings. The summed E-state index contributed by atoms with van der Waals surface area (Å²) < 4.78 is 31.8. The first-order valence-corrected chi connectivity index (χ1v) is 10.9. The summed E-state index contributed by atoms with van der Waals surface area (Å²) in [5.74, 6) is -0.977. The quantitative estimate of drug-likeness (QED) is 0.672. The fraction of sp³-hybridized carbons (Fsp3) is 0.300. The zero-order valence-corrected chi connectivity index (χ0v) is 17.4. The van der Waals surface area contributed by atoms with Crippen LogP contribution in [0.4, 0.5) is 0 Å². The lowest BCUT2D eigenvalue weighted by atomic mass is 10.2. The van der Waals surface area contributed by atoms with E-state index in [2.05, 4.69) is 0 Å². The number of benzene rings is 2. The highest BCUT2D eigenvalue weighted by Crippen LogP contribution is 2.18. The molecule has 1 aliphatic rings. The molecule has 0 aliphatic carbocycles. The number of hydrogen-bond donors (Lipinski definition) is 0. The zero-order chi connectivity index (χ0) is 21.0. The molecule has 2 aromatic rings. The van der Waals surface area contributed by atoms with Crippen molar-refractivity contribution in [3.63, 3.8) is 0 Å². The van der Waals surface area contributed by atoms with Gasteiger partial charge in [0.2, 0.25) is 10.0 Å². The number of carbonyl (C=O) groups excluding carboxylic acids is 2. The molecular formula is C20H21ClN2O5S. The number of esters is 1. The molecule has 1 heterocycles. The van der Waals surface area contributed by atoms with Gasteiger partial charge in [-0.3, -0.25) is 4.79 Å². The van der Waals surface area contributed by atoms with Crippen molar-refractivity contribution in [2.24, 2.45) is 0 Å². The van der Waals surface area contributed by atoms with E-state index in [1.807, 2.05) is 6.92 Å². The van der Waals surface area contributed by atoms with Gasteiger partial charge in [-0.2, -0.15) is 4.31 Å². The Bertz CT molecular complexity index is 983. The summed E-state index contributed by atoms with van der Waals surface area (Å²) >= 11 is 5.78. The van der Waals surface area contributed by atoms with Crippen LogP contribution in [0.25, 0.3) is 0 Å². The van der Waals surface area contributed by atoms with Gasteiger partial charge >= 0.3 is 5.97 Å². The van der Waals surface area contributed by atoms with E-state index >= 15 is 0 Å². The number of amides is 1. The Labute approximate surface area is 174 Å². The second-order valence-electron chi connectivity index (χ2n) is 6.68. The standard InChI is InChI=1S/C20H21ClN2O5S/c1-15-2-8-18(9-3-15)29(26,27)23-12-10-22(11-13-23)19(24)14-28-20(25)16-4-6-17(21)7-5-16/h2-9H,10-14H2,1H3. The van der Waals surface area contributed by atoms with Crippen LogP contribution in [0.5, 0.6) is 0 Å². The third-order valence-corrected chi connectivity index (χ3v) is 6.82. The summed E-state index contributed by atoms with van der Waals surface area (Å²) in [6, 6.07) is 12.8. The maximum atomic E-state index is 12.7. The smallest absolute Gasteiger partial charge is 0.338 e. The highest BCUT2D eigenvalue weighted by Gasteiger charge is 2.30. The van der Waals surface area contributed by atoms with Gasteiger partial charge in [-0.15, -0.1) is 0 Å². The van der Waals surface area contributed by atoms with Gasteiger partial charge < -0.3 is 9.64 Å². The highest BCUT2D eigenvalue weighted by atomic mass is 35.5. The van der Waals surface area contributed by atoms with Gasteiger partial charge in [0, 0.05) is 31.2 Å². The van der Waals surface area contributed by atoms with E-state index in [0.29, 0.717) is 10.6 Å². The molecular weight excluding hydrogens is 416 g/mol. The maximum Gasteiger partial charge on any atom is 0.338 e. The fourth-order valence-corrected chi connectivity index (χ4v) is 4.47. The van der Waals surface area contributed by atoms with Crippen molar-refractivity contribution in [2.75, 3.05) is 32.8 Å². The number of nitrogens with zero attached hydrogens (tertiary/aromatic N) is 2. The number of rotatable bonds is 5. The number of ether oxygens (including phenoxy) is 1. The first kappa shape index (κ1) is 21.3. The molecule has 1 aliphatic heterocycles. The predicted octanol–water partition coefficient (Wildman–Crippen LogP) is 2.34. The lowest BCUT2D eigenvalue weighted by Crippen LogP contribution is -2.51. The van der Waals surface area contributed by atoms with Crippen LogP contribution < -0.4 is 0 Å². The van der Waals surface area contributed by atoms with Crippen LogP contribution in [-0.4, -0.2) is 62.3 Å². The summed E-state index contributed by atoms with van der Waals surface area (Å²) in [4.78, 5) is 26.0. The largest absolute Gasteiger partial charge is 0.452 e. The minimum absolute atomic E-state index is 0.188. The lowest BCUT2D eigenvalue weighted by Gasteiger charge is -2.33. The number of aryl methyl sites for hydroxylation is 1. The van der Waals surface area contributed by atoms with Crippen molar-refractivity contribution >= 4 is 33.5 Å². The molecule has 7 nitrogen and oxygen atoms in total. The van der Waals surface area contributed by atoms with Crippen LogP contribution in [0.1, 0.15) is 15.9 Å². The average molecular weight is 437 g/mol. The minimum atomic E-state index is -3.59. The Hall–Kier alpha value is -2.42. The molecule has 154 valence electrons. The van der Waals surface area contributed by atoms with Crippen LogP contribution in [-0.2, 0) is 19.6 Å². The third-order valence-electron chi connectivity index (χ3n) is 4.66. The van der Waals surface area contributed by atoms with E-state index in [4.69, 9.17) is 16.3 Å². The molecule has 0 atom stereocenters.